The van der Waals surface area contributed by atoms with E-state index in [-0.39, 0.29) is 11.2 Å². The van der Waals surface area contributed by atoms with Gasteiger partial charge in [0.05, 0.1) is 13.2 Å². The fourth-order valence-electron chi connectivity index (χ4n) is 3.13. The van der Waals surface area contributed by atoms with Gasteiger partial charge in [-0.1, -0.05) is 31.9 Å². The van der Waals surface area contributed by atoms with Gasteiger partial charge < -0.3 is 9.84 Å². The molecule has 0 spiro atoms. The maximum absolute atomic E-state index is 14.2. The molecule has 1 N–H and O–H groups in total. The Hall–Kier alpha value is -1.09. The van der Waals surface area contributed by atoms with Gasteiger partial charge >= 0.3 is 0 Å². The highest BCUT2D eigenvalue weighted by Gasteiger charge is 2.40. The van der Waals surface area contributed by atoms with Crippen molar-refractivity contribution in [3.05, 3.63) is 29.6 Å². The number of aliphatic hydroxyl groups is 1. The predicted molar refractivity (Wildman–Crippen MR) is 69.1 cm³/mol. The maximum Gasteiger partial charge on any atom is 0.170 e. The molecule has 0 saturated heterocycles. The van der Waals surface area contributed by atoms with Gasteiger partial charge in [0.25, 0.3) is 0 Å². The van der Waals surface area contributed by atoms with Gasteiger partial charge in [0.1, 0.15) is 0 Å². The Morgan fingerprint density at radius 1 is 1.39 bits per heavy atom. The van der Waals surface area contributed by atoms with E-state index in [1.807, 2.05) is 0 Å². The SMILES string of the molecule is CCC1(C(O)c2cccc(OC)c2F)CCCC1. The van der Waals surface area contributed by atoms with E-state index in [4.69, 9.17) is 4.74 Å². The van der Waals surface area contributed by atoms with Crippen LogP contribution in [0.25, 0.3) is 0 Å². The lowest BCUT2D eigenvalue weighted by Gasteiger charge is -2.33. The van der Waals surface area contributed by atoms with Gasteiger partial charge in [-0.15, -0.1) is 0 Å². The summed E-state index contributed by atoms with van der Waals surface area (Å²) >= 11 is 0. The molecule has 1 fully saturated rings. The van der Waals surface area contributed by atoms with Gasteiger partial charge in [0, 0.05) is 11.0 Å². The van der Waals surface area contributed by atoms with E-state index >= 15 is 0 Å². The molecule has 0 radical (unpaired) electrons. The Balaban J connectivity index is 2.36. The topological polar surface area (TPSA) is 29.5 Å². The van der Waals surface area contributed by atoms with Crippen molar-refractivity contribution >= 4 is 0 Å². The average molecular weight is 252 g/mol. The normalized spacial score (nSPS) is 19.8. The summed E-state index contributed by atoms with van der Waals surface area (Å²) in [5, 5.41) is 10.6. The Labute approximate surface area is 108 Å². The van der Waals surface area contributed by atoms with Crippen molar-refractivity contribution in [2.75, 3.05) is 7.11 Å². The van der Waals surface area contributed by atoms with E-state index < -0.39 is 11.9 Å². The molecule has 2 rings (SSSR count). The molecule has 1 aromatic rings. The van der Waals surface area contributed by atoms with E-state index in [1.54, 1.807) is 18.2 Å². The molecule has 0 aromatic heterocycles. The first-order valence-electron chi connectivity index (χ1n) is 6.65. The molecule has 0 heterocycles. The van der Waals surface area contributed by atoms with Crippen molar-refractivity contribution in [2.24, 2.45) is 5.41 Å². The third-order valence-electron chi connectivity index (χ3n) is 4.39. The zero-order valence-electron chi connectivity index (χ0n) is 11.1. The minimum absolute atomic E-state index is 0.160. The molecule has 1 aromatic carbocycles. The number of ether oxygens (including phenoxy) is 1. The van der Waals surface area contributed by atoms with Gasteiger partial charge in [-0.05, 0) is 25.3 Å². The predicted octanol–water partition coefficient (Wildman–Crippen LogP) is 3.84. The molecule has 0 bridgehead atoms. The van der Waals surface area contributed by atoms with Crippen LogP contribution in [-0.4, -0.2) is 12.2 Å². The zero-order chi connectivity index (χ0) is 13.2. The molecule has 1 unspecified atom stereocenters. The van der Waals surface area contributed by atoms with Gasteiger partial charge in [-0.3, -0.25) is 0 Å². The second kappa shape index (κ2) is 5.27. The van der Waals surface area contributed by atoms with E-state index in [0.717, 1.165) is 32.1 Å². The minimum atomic E-state index is -0.736. The van der Waals surface area contributed by atoms with E-state index in [1.165, 1.54) is 7.11 Å². The quantitative estimate of drug-likeness (QED) is 0.882. The summed E-state index contributed by atoms with van der Waals surface area (Å²) in [6.07, 6.45) is 4.33. The molecule has 3 heteroatoms. The average Bonchev–Trinajstić information content (AvgIpc) is 2.88. The first-order valence-corrected chi connectivity index (χ1v) is 6.65. The Morgan fingerprint density at radius 3 is 2.61 bits per heavy atom. The molecule has 0 aliphatic heterocycles. The highest BCUT2D eigenvalue weighted by atomic mass is 19.1. The van der Waals surface area contributed by atoms with Crippen LogP contribution in [0.5, 0.6) is 5.75 Å². The second-order valence-electron chi connectivity index (χ2n) is 5.19. The zero-order valence-corrected chi connectivity index (χ0v) is 11.1. The Bertz CT molecular complexity index is 411. The first-order chi connectivity index (χ1) is 8.64. The van der Waals surface area contributed by atoms with Gasteiger partial charge in [0.15, 0.2) is 11.6 Å². The lowest BCUT2D eigenvalue weighted by Crippen LogP contribution is -2.25. The number of rotatable bonds is 4. The summed E-state index contributed by atoms with van der Waals surface area (Å²) in [6, 6.07) is 4.98. The lowest BCUT2D eigenvalue weighted by atomic mass is 9.75. The molecule has 1 aliphatic carbocycles. The molecule has 100 valence electrons. The third kappa shape index (κ3) is 2.12. The molecular formula is C15H21FO2. The monoisotopic (exact) mass is 252 g/mol. The summed E-state index contributed by atoms with van der Waals surface area (Å²) < 4.78 is 19.2. The smallest absolute Gasteiger partial charge is 0.170 e. The molecule has 1 saturated carbocycles. The lowest BCUT2D eigenvalue weighted by molar-refractivity contribution is 0.0208. The number of halogens is 1. The molecule has 1 aliphatic rings. The van der Waals surface area contributed by atoms with Gasteiger partial charge in [0.2, 0.25) is 0 Å². The molecule has 18 heavy (non-hydrogen) atoms. The van der Waals surface area contributed by atoms with Crippen LogP contribution in [-0.2, 0) is 0 Å². The highest BCUT2D eigenvalue weighted by Crippen LogP contribution is 2.50. The van der Waals surface area contributed by atoms with Crippen molar-refractivity contribution in [1.29, 1.82) is 0 Å². The fourth-order valence-corrected chi connectivity index (χ4v) is 3.13. The number of benzene rings is 1. The highest BCUT2D eigenvalue weighted by molar-refractivity contribution is 5.33. The summed E-state index contributed by atoms with van der Waals surface area (Å²) in [5.41, 5.74) is 0.214. The van der Waals surface area contributed by atoms with Crippen LogP contribution in [0, 0.1) is 11.2 Å². The number of hydrogen-bond acceptors (Lipinski definition) is 2. The largest absolute Gasteiger partial charge is 0.494 e. The van der Waals surface area contributed by atoms with Gasteiger partial charge in [-0.25, -0.2) is 4.39 Å². The van der Waals surface area contributed by atoms with Crippen molar-refractivity contribution in [1.82, 2.24) is 0 Å². The Kier molecular flexibility index (Phi) is 3.91. The van der Waals surface area contributed by atoms with Crippen LogP contribution in [0.2, 0.25) is 0 Å². The number of methoxy groups -OCH3 is 1. The van der Waals surface area contributed by atoms with Crippen molar-refractivity contribution in [2.45, 2.75) is 45.1 Å². The van der Waals surface area contributed by atoms with Gasteiger partial charge in [-0.2, -0.15) is 0 Å². The van der Waals surface area contributed by atoms with Crippen LogP contribution >= 0.6 is 0 Å². The number of aliphatic hydroxyl groups excluding tert-OH is 1. The van der Waals surface area contributed by atoms with Crippen LogP contribution < -0.4 is 4.74 Å². The maximum atomic E-state index is 14.2. The fraction of sp³-hybridized carbons (Fsp3) is 0.600. The van der Waals surface area contributed by atoms with E-state index in [9.17, 15) is 9.50 Å². The van der Waals surface area contributed by atoms with Crippen LogP contribution in [0.4, 0.5) is 4.39 Å². The summed E-state index contributed by atoms with van der Waals surface area (Å²) in [6.45, 7) is 2.08. The molecule has 2 nitrogen and oxygen atoms in total. The van der Waals surface area contributed by atoms with Crippen molar-refractivity contribution in [3.8, 4) is 5.75 Å². The number of hydrogen-bond donors (Lipinski definition) is 1. The Morgan fingerprint density at radius 2 is 2.06 bits per heavy atom. The van der Waals surface area contributed by atoms with Crippen LogP contribution in [0.1, 0.15) is 50.7 Å². The summed E-state index contributed by atoms with van der Waals surface area (Å²) in [5.74, 6) is -0.219. The van der Waals surface area contributed by atoms with E-state index in [2.05, 4.69) is 6.92 Å². The van der Waals surface area contributed by atoms with Crippen LogP contribution in [0.3, 0.4) is 0 Å². The summed E-state index contributed by atoms with van der Waals surface area (Å²) in [7, 11) is 1.44. The molecule has 1 atom stereocenters. The van der Waals surface area contributed by atoms with Crippen molar-refractivity contribution in [3.63, 3.8) is 0 Å². The van der Waals surface area contributed by atoms with Crippen LogP contribution in [0.15, 0.2) is 18.2 Å². The second-order valence-corrected chi connectivity index (χ2v) is 5.19. The van der Waals surface area contributed by atoms with E-state index in [0.29, 0.717) is 5.56 Å². The molecular weight excluding hydrogens is 231 g/mol. The minimum Gasteiger partial charge on any atom is -0.494 e. The van der Waals surface area contributed by atoms with Crippen molar-refractivity contribution < 1.29 is 14.2 Å². The summed E-state index contributed by atoms with van der Waals surface area (Å²) in [4.78, 5) is 0. The first kappa shape index (κ1) is 13.3. The molecule has 0 amide bonds. The third-order valence-corrected chi connectivity index (χ3v) is 4.39. The standard InChI is InChI=1S/C15H21FO2/c1-3-15(9-4-5-10-15)14(17)11-7-6-8-12(18-2)13(11)16/h6-8,14,17H,3-5,9-10H2,1-2H3.